The summed E-state index contributed by atoms with van der Waals surface area (Å²) in [5.74, 6) is 0.600. The molecule has 4 atom stereocenters. The molecule has 1 aromatic carbocycles. The van der Waals surface area contributed by atoms with Crippen LogP contribution in [0.5, 0.6) is 0 Å². The summed E-state index contributed by atoms with van der Waals surface area (Å²) in [6, 6.07) is 8.83. The zero-order chi connectivity index (χ0) is 21.4. The maximum absolute atomic E-state index is 12.7. The Labute approximate surface area is 195 Å². The first-order valence-corrected chi connectivity index (χ1v) is 14.1. The Morgan fingerprint density at radius 2 is 2.06 bits per heavy atom. The molecule has 3 heterocycles. The zero-order valence-corrected chi connectivity index (χ0v) is 20.8. The molecule has 2 aromatic rings. The van der Waals surface area contributed by atoms with E-state index >= 15 is 0 Å². The van der Waals surface area contributed by atoms with Crippen LogP contribution in [0.2, 0.25) is 0 Å². The molecule has 5 heteroatoms. The number of hydrogen-bond acceptors (Lipinski definition) is 3. The fourth-order valence-electron chi connectivity index (χ4n) is 6.82. The van der Waals surface area contributed by atoms with Crippen LogP contribution in [0.4, 0.5) is 0 Å². The molecule has 0 amide bonds. The molecule has 1 fully saturated rings. The Hall–Kier alpha value is -0.890. The number of para-hydroxylation sites is 1. The first-order chi connectivity index (χ1) is 14.9. The van der Waals surface area contributed by atoms with Gasteiger partial charge in [0.2, 0.25) is 0 Å². The molecule has 2 aliphatic carbocycles. The van der Waals surface area contributed by atoms with Gasteiger partial charge in [-0.3, -0.25) is 0 Å². The van der Waals surface area contributed by atoms with E-state index in [0.29, 0.717) is 5.92 Å². The van der Waals surface area contributed by atoms with Crippen molar-refractivity contribution in [3.63, 3.8) is 0 Å². The predicted molar refractivity (Wildman–Crippen MR) is 120 cm³/mol. The van der Waals surface area contributed by atoms with Gasteiger partial charge in [0.05, 0.1) is 0 Å². The van der Waals surface area contributed by atoms with Crippen molar-refractivity contribution in [2.24, 2.45) is 5.92 Å². The van der Waals surface area contributed by atoms with Crippen molar-refractivity contribution in [3.05, 3.63) is 44.7 Å². The van der Waals surface area contributed by atoms with Crippen LogP contribution in [0.3, 0.4) is 0 Å². The minimum atomic E-state index is -0.673. The number of aliphatic hydroxyl groups excluding tert-OH is 1. The van der Waals surface area contributed by atoms with E-state index in [1.807, 2.05) is 0 Å². The molecule has 0 spiro atoms. The molecule has 4 nitrogen and oxygen atoms in total. The second kappa shape index (κ2) is 7.31. The van der Waals surface area contributed by atoms with Gasteiger partial charge in [-0.2, -0.15) is 0 Å². The Kier molecular flexibility index (Phi) is 4.88. The monoisotopic (exact) mass is 533 g/mol. The molecule has 31 heavy (non-hydrogen) atoms. The van der Waals surface area contributed by atoms with Crippen molar-refractivity contribution in [1.82, 2.24) is 9.88 Å². The molecule has 0 radical (unpaired) electrons. The number of nitrogens with one attached hydrogen (secondary N) is 1. The SMILES string of the molecule is CC(C)CN1CCC23Cc4[nH]c5ccccc5c4C[C@@]2(O)C1CC1=C(CC(O)CC1)[I-]3. The summed E-state index contributed by atoms with van der Waals surface area (Å²) >= 11 is -0.348. The van der Waals surface area contributed by atoms with Crippen LogP contribution in [-0.2, 0) is 12.8 Å². The Morgan fingerprint density at radius 1 is 1.23 bits per heavy atom. The molecular weight excluding hydrogens is 499 g/mol. The van der Waals surface area contributed by atoms with Gasteiger partial charge in [-0.15, -0.1) is 0 Å². The summed E-state index contributed by atoms with van der Waals surface area (Å²) in [4.78, 5) is 6.37. The fraction of sp³-hybridized carbons (Fsp3) is 0.615. The van der Waals surface area contributed by atoms with E-state index in [4.69, 9.17) is 0 Å². The van der Waals surface area contributed by atoms with Crippen molar-refractivity contribution in [3.8, 4) is 0 Å². The summed E-state index contributed by atoms with van der Waals surface area (Å²) in [6.45, 7) is 6.77. The summed E-state index contributed by atoms with van der Waals surface area (Å²) in [5.41, 5.74) is 4.85. The second-order valence-corrected chi connectivity index (χ2v) is 14.6. The quantitative estimate of drug-likeness (QED) is 0.395. The summed E-state index contributed by atoms with van der Waals surface area (Å²) in [6.07, 6.45) is 6.44. The van der Waals surface area contributed by atoms with E-state index in [1.165, 1.54) is 22.2 Å². The average Bonchev–Trinajstić information content (AvgIpc) is 3.04. The van der Waals surface area contributed by atoms with Crippen LogP contribution in [-0.4, -0.2) is 54.4 Å². The second-order valence-electron chi connectivity index (χ2n) is 10.7. The molecule has 1 aromatic heterocycles. The van der Waals surface area contributed by atoms with Crippen LogP contribution < -0.4 is 21.2 Å². The van der Waals surface area contributed by atoms with Crippen LogP contribution in [0, 0.1) is 5.92 Å². The number of aromatic amines is 1. The Bertz CT molecular complexity index is 1060. The molecule has 6 rings (SSSR count). The van der Waals surface area contributed by atoms with Gasteiger partial charge in [-0.1, -0.05) is 0 Å². The van der Waals surface area contributed by atoms with Gasteiger partial charge >= 0.3 is 196 Å². The zero-order valence-electron chi connectivity index (χ0n) is 18.6. The van der Waals surface area contributed by atoms with E-state index in [-0.39, 0.29) is 36.8 Å². The third-order valence-corrected chi connectivity index (χ3v) is 13.0. The summed E-state index contributed by atoms with van der Waals surface area (Å²) in [5, 5.41) is 24.5. The van der Waals surface area contributed by atoms with E-state index in [9.17, 15) is 10.2 Å². The number of nitrogens with zero attached hydrogens (tertiary/aromatic N) is 1. The number of alkyl halides is 1. The predicted octanol–water partition coefficient (Wildman–Crippen LogP) is 0.758. The number of benzene rings is 1. The summed E-state index contributed by atoms with van der Waals surface area (Å²) < 4.78 is 1.55. The molecule has 1 saturated heterocycles. The molecule has 0 saturated carbocycles. The van der Waals surface area contributed by atoms with Gasteiger partial charge in [0.25, 0.3) is 0 Å². The number of fused-ring (bicyclic) bond motifs is 3. The number of rotatable bonds is 2. The van der Waals surface area contributed by atoms with Gasteiger partial charge in [0.1, 0.15) is 0 Å². The third kappa shape index (κ3) is 3.10. The van der Waals surface area contributed by atoms with Gasteiger partial charge < -0.3 is 0 Å². The van der Waals surface area contributed by atoms with Crippen molar-refractivity contribution < 1.29 is 31.4 Å². The molecular formula is C26H34IN2O2-. The topological polar surface area (TPSA) is 59.5 Å². The average molecular weight is 533 g/mol. The van der Waals surface area contributed by atoms with Crippen LogP contribution in [0.25, 0.3) is 10.9 Å². The molecule has 3 N–H and O–H groups in total. The summed E-state index contributed by atoms with van der Waals surface area (Å²) in [7, 11) is 0. The first kappa shape index (κ1) is 20.7. The first-order valence-electron chi connectivity index (χ1n) is 12.0. The number of aromatic nitrogens is 1. The molecule has 168 valence electrons. The number of H-pyrrole nitrogens is 1. The van der Waals surface area contributed by atoms with E-state index < -0.39 is 5.60 Å². The van der Waals surface area contributed by atoms with E-state index in [0.717, 1.165) is 58.0 Å². The Balaban J connectivity index is 1.50. The van der Waals surface area contributed by atoms with Crippen LogP contribution in [0.1, 0.15) is 57.2 Å². The van der Waals surface area contributed by atoms with Crippen molar-refractivity contribution in [1.29, 1.82) is 0 Å². The number of hydrogen-bond donors (Lipinski definition) is 3. The number of piperidine rings is 1. The number of halogens is 1. The van der Waals surface area contributed by atoms with Crippen LogP contribution >= 0.6 is 0 Å². The van der Waals surface area contributed by atoms with Crippen molar-refractivity contribution in [2.75, 3.05) is 13.1 Å². The van der Waals surface area contributed by atoms with Gasteiger partial charge in [0, 0.05) is 0 Å². The number of likely N-dealkylation sites (tertiary alicyclic amines) is 1. The van der Waals surface area contributed by atoms with Gasteiger partial charge in [-0.25, -0.2) is 0 Å². The fourth-order valence-corrected chi connectivity index (χ4v) is 11.8. The van der Waals surface area contributed by atoms with Crippen molar-refractivity contribution in [2.45, 2.75) is 80.0 Å². The third-order valence-electron chi connectivity index (χ3n) is 8.28. The Morgan fingerprint density at radius 3 is 2.90 bits per heavy atom. The molecule has 2 aliphatic heterocycles. The molecule has 4 aliphatic rings. The maximum atomic E-state index is 12.7. The van der Waals surface area contributed by atoms with Crippen molar-refractivity contribution >= 4 is 10.9 Å². The molecule has 3 unspecified atom stereocenters. The number of aliphatic hydroxyl groups is 2. The van der Waals surface area contributed by atoms with Gasteiger partial charge in [0.15, 0.2) is 0 Å². The van der Waals surface area contributed by atoms with E-state index in [2.05, 4.69) is 48.0 Å². The molecule has 2 bridgehead atoms. The van der Waals surface area contributed by atoms with E-state index in [1.54, 1.807) is 9.15 Å². The minimum absolute atomic E-state index is 0.0218. The standard InChI is InChI=1S/C26H34IN2O2/c1-16(2)15-29-10-9-25-14-23-20(19-5-3-4-6-22(19)28-23)13-26(25,31)24(29)11-17-7-8-18(30)12-21(17)27-25/h3-6,16,18,24,28,30-31H,7-15H2,1-2H3/q-1/t18?,24?,25?,26-/m1/s1. The van der Waals surface area contributed by atoms with Gasteiger partial charge in [-0.05, 0) is 0 Å². The normalized spacial score (nSPS) is 35.9. The van der Waals surface area contributed by atoms with Crippen LogP contribution in [0.15, 0.2) is 33.4 Å².